The molecule has 3 nitrogen and oxygen atoms in total. The van der Waals surface area contributed by atoms with Gasteiger partial charge in [0.05, 0.1) is 5.54 Å². The first-order valence-electron chi connectivity index (χ1n) is 7.24. The summed E-state index contributed by atoms with van der Waals surface area (Å²) in [6, 6.07) is 8.14. The number of hydrogen-bond donors (Lipinski definition) is 2. The van der Waals surface area contributed by atoms with Crippen LogP contribution in [-0.2, 0) is 4.79 Å². The Bertz CT molecular complexity index is 454. The first-order valence-corrected chi connectivity index (χ1v) is 7.24. The molecule has 1 aromatic carbocycles. The van der Waals surface area contributed by atoms with Crippen LogP contribution in [0.5, 0.6) is 0 Å². The summed E-state index contributed by atoms with van der Waals surface area (Å²) in [5, 5.41) is 6.43. The molecular formula is C16H25ClN2O. The van der Waals surface area contributed by atoms with Crippen LogP contribution in [0.1, 0.15) is 51.5 Å². The summed E-state index contributed by atoms with van der Waals surface area (Å²) >= 11 is 0. The van der Waals surface area contributed by atoms with E-state index < -0.39 is 0 Å². The third kappa shape index (κ3) is 3.53. The normalized spacial score (nSPS) is 21.6. The number of nitrogens with one attached hydrogen (secondary N) is 2. The lowest BCUT2D eigenvalue weighted by Gasteiger charge is -2.26. The Morgan fingerprint density at radius 2 is 2.20 bits per heavy atom. The van der Waals surface area contributed by atoms with E-state index in [4.69, 9.17) is 0 Å². The Labute approximate surface area is 127 Å². The van der Waals surface area contributed by atoms with E-state index >= 15 is 0 Å². The van der Waals surface area contributed by atoms with Crippen molar-refractivity contribution in [1.82, 2.24) is 5.32 Å². The maximum absolute atomic E-state index is 12.5. The van der Waals surface area contributed by atoms with Gasteiger partial charge in [-0.1, -0.05) is 32.9 Å². The number of amides is 1. The Morgan fingerprint density at radius 1 is 1.45 bits per heavy atom. The zero-order valence-electron chi connectivity index (χ0n) is 12.5. The highest BCUT2D eigenvalue weighted by molar-refractivity contribution is 5.98. The monoisotopic (exact) mass is 296 g/mol. The molecule has 0 spiro atoms. The quantitative estimate of drug-likeness (QED) is 0.889. The summed E-state index contributed by atoms with van der Waals surface area (Å²) in [6.45, 7) is 7.33. The van der Waals surface area contributed by atoms with E-state index in [1.165, 1.54) is 5.56 Å². The minimum Gasteiger partial charge on any atom is -0.324 e. The molecule has 0 aromatic heterocycles. The Balaban J connectivity index is 0.00000200. The smallest absolute Gasteiger partial charge is 0.244 e. The minimum absolute atomic E-state index is 0. The summed E-state index contributed by atoms with van der Waals surface area (Å²) in [6.07, 6.45) is 2.84. The lowest BCUT2D eigenvalue weighted by atomic mass is 9.93. The van der Waals surface area contributed by atoms with Crippen molar-refractivity contribution >= 4 is 24.0 Å². The zero-order valence-corrected chi connectivity index (χ0v) is 13.3. The lowest BCUT2D eigenvalue weighted by Crippen LogP contribution is -2.50. The predicted octanol–water partition coefficient (Wildman–Crippen LogP) is 3.70. The molecule has 1 saturated heterocycles. The maximum Gasteiger partial charge on any atom is 0.244 e. The first-order chi connectivity index (χ1) is 9.07. The summed E-state index contributed by atoms with van der Waals surface area (Å²) < 4.78 is 0. The molecule has 1 heterocycles. The third-order valence-electron chi connectivity index (χ3n) is 4.09. The number of carbonyl (C=O) groups excluding carboxylic acids is 1. The van der Waals surface area contributed by atoms with Gasteiger partial charge in [0.1, 0.15) is 0 Å². The SMILES string of the molecule is CCC1(C(=O)Nc2cccc(C(C)C)c2)CCCN1.Cl. The van der Waals surface area contributed by atoms with Gasteiger partial charge in [0.25, 0.3) is 0 Å². The fourth-order valence-electron chi connectivity index (χ4n) is 2.69. The summed E-state index contributed by atoms with van der Waals surface area (Å²) in [5.41, 5.74) is 1.79. The molecule has 1 atom stereocenters. The van der Waals surface area contributed by atoms with Crippen molar-refractivity contribution in [3.63, 3.8) is 0 Å². The number of hydrogen-bond acceptors (Lipinski definition) is 2. The van der Waals surface area contributed by atoms with Gasteiger partial charge in [-0.25, -0.2) is 0 Å². The fourth-order valence-corrected chi connectivity index (χ4v) is 2.69. The van der Waals surface area contributed by atoms with E-state index in [0.29, 0.717) is 5.92 Å². The average molecular weight is 297 g/mol. The second-order valence-electron chi connectivity index (χ2n) is 5.70. The number of halogens is 1. The Hall–Kier alpha value is -1.06. The highest BCUT2D eigenvalue weighted by Gasteiger charge is 2.38. The van der Waals surface area contributed by atoms with Gasteiger partial charge in [-0.05, 0) is 49.4 Å². The Morgan fingerprint density at radius 3 is 2.75 bits per heavy atom. The van der Waals surface area contributed by atoms with E-state index in [-0.39, 0.29) is 23.9 Å². The third-order valence-corrected chi connectivity index (χ3v) is 4.09. The molecule has 1 aliphatic heterocycles. The molecule has 0 aliphatic carbocycles. The molecular weight excluding hydrogens is 272 g/mol. The molecule has 1 amide bonds. The van der Waals surface area contributed by atoms with Crippen molar-refractivity contribution in [3.8, 4) is 0 Å². The molecule has 0 bridgehead atoms. The van der Waals surface area contributed by atoms with Crippen molar-refractivity contribution < 1.29 is 4.79 Å². The van der Waals surface area contributed by atoms with Crippen LogP contribution in [0.3, 0.4) is 0 Å². The van der Waals surface area contributed by atoms with Crippen LogP contribution < -0.4 is 10.6 Å². The lowest BCUT2D eigenvalue weighted by molar-refractivity contribution is -0.122. The van der Waals surface area contributed by atoms with Gasteiger partial charge in [0.2, 0.25) is 5.91 Å². The highest BCUT2D eigenvalue weighted by Crippen LogP contribution is 2.25. The fraction of sp³-hybridized carbons (Fsp3) is 0.562. The maximum atomic E-state index is 12.5. The van der Waals surface area contributed by atoms with Crippen molar-refractivity contribution in [3.05, 3.63) is 29.8 Å². The van der Waals surface area contributed by atoms with Crippen LogP contribution in [0.2, 0.25) is 0 Å². The molecule has 4 heteroatoms. The van der Waals surface area contributed by atoms with E-state index in [0.717, 1.165) is 31.5 Å². The van der Waals surface area contributed by atoms with Gasteiger partial charge in [0, 0.05) is 5.69 Å². The van der Waals surface area contributed by atoms with Gasteiger partial charge < -0.3 is 10.6 Å². The second-order valence-corrected chi connectivity index (χ2v) is 5.70. The molecule has 1 aromatic rings. The van der Waals surface area contributed by atoms with Crippen LogP contribution in [0, 0.1) is 0 Å². The van der Waals surface area contributed by atoms with Gasteiger partial charge in [-0.3, -0.25) is 4.79 Å². The van der Waals surface area contributed by atoms with Crippen molar-refractivity contribution in [2.75, 3.05) is 11.9 Å². The van der Waals surface area contributed by atoms with Crippen LogP contribution in [0.15, 0.2) is 24.3 Å². The van der Waals surface area contributed by atoms with E-state index in [9.17, 15) is 4.79 Å². The zero-order chi connectivity index (χ0) is 13.9. The Kier molecular flexibility index (Phi) is 6.03. The first kappa shape index (κ1) is 17.0. The second kappa shape index (κ2) is 7.09. The predicted molar refractivity (Wildman–Crippen MR) is 86.7 cm³/mol. The number of anilines is 1. The molecule has 20 heavy (non-hydrogen) atoms. The molecule has 2 rings (SSSR count). The minimum atomic E-state index is -0.367. The van der Waals surface area contributed by atoms with Crippen molar-refractivity contribution in [1.29, 1.82) is 0 Å². The van der Waals surface area contributed by atoms with Gasteiger partial charge >= 0.3 is 0 Å². The molecule has 2 N–H and O–H groups in total. The molecule has 0 radical (unpaired) electrons. The van der Waals surface area contributed by atoms with Crippen LogP contribution >= 0.6 is 12.4 Å². The van der Waals surface area contributed by atoms with E-state index in [1.807, 2.05) is 12.1 Å². The number of benzene rings is 1. The van der Waals surface area contributed by atoms with Gasteiger partial charge in [-0.2, -0.15) is 0 Å². The van der Waals surface area contributed by atoms with Crippen molar-refractivity contribution in [2.24, 2.45) is 0 Å². The molecule has 1 fully saturated rings. The average Bonchev–Trinajstić information content (AvgIpc) is 2.89. The number of carbonyl (C=O) groups is 1. The van der Waals surface area contributed by atoms with E-state index in [2.05, 4.69) is 43.5 Å². The molecule has 0 saturated carbocycles. The molecule has 112 valence electrons. The highest BCUT2D eigenvalue weighted by atomic mass is 35.5. The molecule has 1 unspecified atom stereocenters. The standard InChI is InChI=1S/C16H24N2O.ClH/c1-4-16(9-6-10-17-16)15(19)18-14-8-5-7-13(11-14)12(2)3;/h5,7-8,11-12,17H,4,6,9-10H2,1-3H3,(H,18,19);1H. The number of rotatable bonds is 4. The van der Waals surface area contributed by atoms with Gasteiger partial charge in [-0.15, -0.1) is 12.4 Å². The van der Waals surface area contributed by atoms with Crippen LogP contribution in [-0.4, -0.2) is 18.0 Å². The van der Waals surface area contributed by atoms with Crippen LogP contribution in [0.25, 0.3) is 0 Å². The molecule has 1 aliphatic rings. The van der Waals surface area contributed by atoms with Crippen LogP contribution in [0.4, 0.5) is 5.69 Å². The van der Waals surface area contributed by atoms with Gasteiger partial charge in [0.15, 0.2) is 0 Å². The summed E-state index contributed by atoms with van der Waals surface area (Å²) in [7, 11) is 0. The topological polar surface area (TPSA) is 41.1 Å². The largest absolute Gasteiger partial charge is 0.324 e. The summed E-state index contributed by atoms with van der Waals surface area (Å²) in [4.78, 5) is 12.5. The van der Waals surface area contributed by atoms with Crippen molar-refractivity contribution in [2.45, 2.75) is 51.5 Å². The van der Waals surface area contributed by atoms with E-state index in [1.54, 1.807) is 0 Å². The summed E-state index contributed by atoms with van der Waals surface area (Å²) in [5.74, 6) is 0.579.